The Hall–Kier alpha value is -1.27. The fraction of sp³-hybridized carbons (Fsp3) is 0.571. The van der Waals surface area contributed by atoms with Gasteiger partial charge in [-0.05, 0) is 31.5 Å². The lowest BCUT2D eigenvalue weighted by Gasteiger charge is -2.36. The quantitative estimate of drug-likeness (QED) is 0.925. The number of nitrogens with zero attached hydrogens (tertiary/aromatic N) is 1. The molecule has 2 rings (SSSR count). The summed E-state index contributed by atoms with van der Waals surface area (Å²) >= 11 is 0. The average molecular weight is 288 g/mol. The number of halogens is 3. The largest absolute Gasteiger partial charge is 0.573 e. The molecule has 3 nitrogen and oxygen atoms in total. The highest BCUT2D eigenvalue weighted by atomic mass is 19.4. The smallest absolute Gasteiger partial charge is 0.406 e. The second-order valence-electron chi connectivity index (χ2n) is 5.14. The molecule has 1 aromatic carbocycles. The van der Waals surface area contributed by atoms with Crippen molar-refractivity contribution in [2.45, 2.75) is 32.3 Å². The van der Waals surface area contributed by atoms with Crippen LogP contribution in [0.3, 0.4) is 0 Å². The van der Waals surface area contributed by atoms with Crippen molar-refractivity contribution in [1.29, 1.82) is 0 Å². The minimum atomic E-state index is -4.64. The zero-order valence-electron chi connectivity index (χ0n) is 11.6. The van der Waals surface area contributed by atoms with E-state index in [-0.39, 0.29) is 11.8 Å². The van der Waals surface area contributed by atoms with E-state index in [1.807, 2.05) is 0 Å². The highest BCUT2D eigenvalue weighted by Gasteiger charge is 2.31. The summed E-state index contributed by atoms with van der Waals surface area (Å²) in [5.41, 5.74) is 0.994. The molecule has 6 heteroatoms. The predicted molar refractivity (Wildman–Crippen MR) is 70.6 cm³/mol. The van der Waals surface area contributed by atoms with E-state index in [0.29, 0.717) is 6.04 Å². The van der Waals surface area contributed by atoms with Crippen LogP contribution in [0.15, 0.2) is 24.3 Å². The lowest BCUT2D eigenvalue weighted by molar-refractivity contribution is -0.274. The van der Waals surface area contributed by atoms with Crippen molar-refractivity contribution >= 4 is 0 Å². The molecule has 0 saturated carbocycles. The first-order valence-corrected chi connectivity index (χ1v) is 6.68. The minimum Gasteiger partial charge on any atom is -0.406 e. The number of rotatable bonds is 3. The molecular weight excluding hydrogens is 269 g/mol. The third kappa shape index (κ3) is 4.11. The van der Waals surface area contributed by atoms with Crippen molar-refractivity contribution in [1.82, 2.24) is 10.2 Å². The number of piperazine rings is 1. The monoisotopic (exact) mass is 288 g/mol. The van der Waals surface area contributed by atoms with Crippen LogP contribution in [-0.4, -0.2) is 36.9 Å². The summed E-state index contributed by atoms with van der Waals surface area (Å²) in [6, 6.07) is 6.73. The number of benzene rings is 1. The molecule has 2 atom stereocenters. The molecule has 2 unspecified atom stereocenters. The van der Waals surface area contributed by atoms with Gasteiger partial charge in [-0.15, -0.1) is 13.2 Å². The Kier molecular flexibility index (Phi) is 4.55. The molecule has 20 heavy (non-hydrogen) atoms. The Morgan fingerprint density at radius 2 is 1.95 bits per heavy atom. The van der Waals surface area contributed by atoms with Crippen molar-refractivity contribution in [3.63, 3.8) is 0 Å². The third-order valence-corrected chi connectivity index (χ3v) is 3.54. The van der Waals surface area contributed by atoms with Crippen LogP contribution in [0.25, 0.3) is 0 Å². The molecule has 112 valence electrons. The number of alkyl halides is 3. The summed E-state index contributed by atoms with van der Waals surface area (Å²) in [6.45, 7) is 6.99. The molecule has 0 radical (unpaired) electrons. The standard InChI is InChI=1S/C14H19F3N2O/c1-10-9-19(8-7-18-10)11(2)12-3-5-13(6-4-12)20-14(15,16)17/h3-6,10-11,18H,7-9H2,1-2H3. The summed E-state index contributed by atoms with van der Waals surface area (Å²) in [7, 11) is 0. The SMILES string of the molecule is CC1CN(C(C)c2ccc(OC(F)(F)F)cc2)CCN1. The van der Waals surface area contributed by atoms with E-state index in [9.17, 15) is 13.2 Å². The summed E-state index contributed by atoms with van der Waals surface area (Å²) in [4.78, 5) is 2.32. The molecule has 1 aliphatic heterocycles. The van der Waals surface area contributed by atoms with Gasteiger partial charge in [0.1, 0.15) is 5.75 Å². The Balaban J connectivity index is 2.01. The van der Waals surface area contributed by atoms with E-state index in [4.69, 9.17) is 0 Å². The second kappa shape index (κ2) is 6.01. The van der Waals surface area contributed by atoms with Crippen molar-refractivity contribution in [2.24, 2.45) is 0 Å². The summed E-state index contributed by atoms with van der Waals surface area (Å²) < 4.78 is 40.2. The maximum Gasteiger partial charge on any atom is 0.573 e. The fourth-order valence-electron chi connectivity index (χ4n) is 2.47. The zero-order chi connectivity index (χ0) is 14.8. The van der Waals surface area contributed by atoms with Crippen LogP contribution in [-0.2, 0) is 0 Å². The highest BCUT2D eigenvalue weighted by molar-refractivity contribution is 5.29. The van der Waals surface area contributed by atoms with Gasteiger partial charge >= 0.3 is 6.36 Å². The van der Waals surface area contributed by atoms with Gasteiger partial charge in [-0.1, -0.05) is 12.1 Å². The lowest BCUT2D eigenvalue weighted by Crippen LogP contribution is -2.49. The fourth-order valence-corrected chi connectivity index (χ4v) is 2.47. The molecule has 1 N–H and O–H groups in total. The Morgan fingerprint density at radius 1 is 1.30 bits per heavy atom. The Morgan fingerprint density at radius 3 is 2.50 bits per heavy atom. The maximum atomic E-state index is 12.1. The van der Waals surface area contributed by atoms with Gasteiger partial charge in [0.15, 0.2) is 0 Å². The molecule has 1 saturated heterocycles. The highest BCUT2D eigenvalue weighted by Crippen LogP contribution is 2.26. The molecule has 1 aromatic rings. The Labute approximate surface area is 116 Å². The van der Waals surface area contributed by atoms with Gasteiger partial charge in [-0.3, -0.25) is 4.90 Å². The van der Waals surface area contributed by atoms with Crippen LogP contribution in [0, 0.1) is 0 Å². The molecule has 0 amide bonds. The molecule has 0 spiro atoms. The van der Waals surface area contributed by atoms with E-state index in [2.05, 4.69) is 28.8 Å². The van der Waals surface area contributed by atoms with Crippen molar-refractivity contribution in [3.05, 3.63) is 29.8 Å². The van der Waals surface area contributed by atoms with E-state index in [1.165, 1.54) is 12.1 Å². The molecule has 0 aliphatic carbocycles. The maximum absolute atomic E-state index is 12.1. The molecule has 1 fully saturated rings. The summed E-state index contributed by atoms with van der Waals surface area (Å²) in [5, 5.41) is 3.37. The predicted octanol–water partition coefficient (Wildman–Crippen LogP) is 2.94. The first kappa shape index (κ1) is 15.1. The van der Waals surface area contributed by atoms with Crippen molar-refractivity contribution in [3.8, 4) is 5.75 Å². The van der Waals surface area contributed by atoms with Gasteiger partial charge in [0, 0.05) is 31.7 Å². The van der Waals surface area contributed by atoms with Crippen LogP contribution in [0.2, 0.25) is 0 Å². The average Bonchev–Trinajstić information content (AvgIpc) is 2.37. The van der Waals surface area contributed by atoms with Crippen LogP contribution >= 0.6 is 0 Å². The first-order chi connectivity index (χ1) is 9.35. The van der Waals surface area contributed by atoms with E-state index in [1.54, 1.807) is 12.1 Å². The molecule has 0 aromatic heterocycles. The number of hydrogen-bond acceptors (Lipinski definition) is 3. The third-order valence-electron chi connectivity index (χ3n) is 3.54. The second-order valence-corrected chi connectivity index (χ2v) is 5.14. The van der Waals surface area contributed by atoms with Crippen molar-refractivity contribution in [2.75, 3.05) is 19.6 Å². The lowest BCUT2D eigenvalue weighted by atomic mass is 10.0. The molecule has 1 heterocycles. The Bertz CT molecular complexity index is 433. The van der Waals surface area contributed by atoms with Crippen LogP contribution in [0.4, 0.5) is 13.2 Å². The summed E-state index contributed by atoms with van der Waals surface area (Å²) in [6.07, 6.45) is -4.64. The van der Waals surface area contributed by atoms with Gasteiger partial charge in [-0.25, -0.2) is 0 Å². The van der Waals surface area contributed by atoms with E-state index < -0.39 is 6.36 Å². The van der Waals surface area contributed by atoms with Crippen molar-refractivity contribution < 1.29 is 17.9 Å². The summed E-state index contributed by atoms with van der Waals surface area (Å²) in [5.74, 6) is -0.179. The number of hydrogen-bond donors (Lipinski definition) is 1. The van der Waals surface area contributed by atoms with E-state index in [0.717, 1.165) is 25.2 Å². The number of nitrogens with one attached hydrogen (secondary N) is 1. The van der Waals surface area contributed by atoms with Gasteiger partial charge < -0.3 is 10.1 Å². The van der Waals surface area contributed by atoms with Crippen LogP contribution in [0.1, 0.15) is 25.5 Å². The van der Waals surface area contributed by atoms with Gasteiger partial charge in [-0.2, -0.15) is 0 Å². The molecule has 1 aliphatic rings. The molecule has 0 bridgehead atoms. The van der Waals surface area contributed by atoms with Gasteiger partial charge in [0.2, 0.25) is 0 Å². The normalized spacial score (nSPS) is 22.6. The number of ether oxygens (including phenoxy) is 1. The van der Waals surface area contributed by atoms with Crippen LogP contribution < -0.4 is 10.1 Å². The minimum absolute atomic E-state index is 0.179. The van der Waals surface area contributed by atoms with Gasteiger partial charge in [0.05, 0.1) is 0 Å². The topological polar surface area (TPSA) is 24.5 Å². The zero-order valence-corrected chi connectivity index (χ0v) is 11.6. The van der Waals surface area contributed by atoms with Crippen LogP contribution in [0.5, 0.6) is 5.75 Å². The first-order valence-electron chi connectivity index (χ1n) is 6.68. The molecular formula is C14H19F3N2O. The van der Waals surface area contributed by atoms with E-state index >= 15 is 0 Å². The van der Waals surface area contributed by atoms with Gasteiger partial charge in [0.25, 0.3) is 0 Å².